The molecule has 0 spiro atoms. The summed E-state index contributed by atoms with van der Waals surface area (Å²) in [6.45, 7) is 4.70. The van der Waals surface area contributed by atoms with Crippen LogP contribution in [0.4, 0.5) is 0 Å². The van der Waals surface area contributed by atoms with Crippen LogP contribution in [0.1, 0.15) is 11.1 Å². The molecule has 1 heterocycles. The van der Waals surface area contributed by atoms with Crippen molar-refractivity contribution in [3.8, 4) is 5.69 Å². The van der Waals surface area contributed by atoms with Gasteiger partial charge in [-0.15, -0.1) is 0 Å². The third kappa shape index (κ3) is 4.12. The lowest BCUT2D eigenvalue weighted by Gasteiger charge is -2.09. The number of aryl methyl sites for hydroxylation is 1. The number of rotatable bonds is 8. The van der Waals surface area contributed by atoms with E-state index in [1.807, 2.05) is 6.07 Å². The van der Waals surface area contributed by atoms with Crippen molar-refractivity contribution in [2.24, 2.45) is 0 Å². The molecule has 0 bridgehead atoms. The molecule has 1 aromatic carbocycles. The van der Waals surface area contributed by atoms with Gasteiger partial charge in [0.15, 0.2) is 0 Å². The van der Waals surface area contributed by atoms with Gasteiger partial charge in [0.1, 0.15) is 12.7 Å². The van der Waals surface area contributed by atoms with Crippen LogP contribution in [0.2, 0.25) is 0 Å². The van der Waals surface area contributed by atoms with Crippen LogP contribution < -0.4 is 5.32 Å². The number of nitrogens with one attached hydrogen (secondary N) is 1. The third-order valence-corrected chi connectivity index (χ3v) is 2.91. The van der Waals surface area contributed by atoms with E-state index in [1.165, 1.54) is 11.9 Å². The third-order valence-electron chi connectivity index (χ3n) is 2.91. The smallest absolute Gasteiger partial charge is 0.138 e. The van der Waals surface area contributed by atoms with E-state index in [-0.39, 0.29) is 6.61 Å². The van der Waals surface area contributed by atoms with Crippen LogP contribution in [0.25, 0.3) is 5.69 Å². The molecule has 6 heteroatoms. The van der Waals surface area contributed by atoms with E-state index in [0.717, 1.165) is 24.3 Å². The lowest BCUT2D eigenvalue weighted by Crippen LogP contribution is -2.20. The zero-order valence-corrected chi connectivity index (χ0v) is 11.6. The minimum Gasteiger partial charge on any atom is -0.394 e. The van der Waals surface area contributed by atoms with Gasteiger partial charge in [0.25, 0.3) is 0 Å². The van der Waals surface area contributed by atoms with E-state index in [4.69, 9.17) is 9.84 Å². The Kier molecular flexibility index (Phi) is 5.67. The highest BCUT2D eigenvalue weighted by Gasteiger charge is 2.02. The Morgan fingerprint density at radius 1 is 1.35 bits per heavy atom. The van der Waals surface area contributed by atoms with E-state index in [0.29, 0.717) is 13.2 Å². The molecule has 0 saturated carbocycles. The fraction of sp³-hybridized carbons (Fsp3) is 0.429. The van der Waals surface area contributed by atoms with E-state index < -0.39 is 0 Å². The minimum atomic E-state index is 0.0724. The van der Waals surface area contributed by atoms with Crippen molar-refractivity contribution in [2.75, 3.05) is 26.4 Å². The van der Waals surface area contributed by atoms with E-state index in [2.05, 4.69) is 34.5 Å². The van der Waals surface area contributed by atoms with Gasteiger partial charge in [-0.3, -0.25) is 0 Å². The first kappa shape index (κ1) is 14.6. The lowest BCUT2D eigenvalue weighted by molar-refractivity contribution is 0.0938. The van der Waals surface area contributed by atoms with Crippen LogP contribution in [-0.4, -0.2) is 46.2 Å². The molecule has 0 fully saturated rings. The highest BCUT2D eigenvalue weighted by atomic mass is 16.5. The minimum absolute atomic E-state index is 0.0724. The normalized spacial score (nSPS) is 10.9. The van der Waals surface area contributed by atoms with E-state index in [9.17, 15) is 0 Å². The largest absolute Gasteiger partial charge is 0.394 e. The molecule has 108 valence electrons. The molecule has 2 aromatic rings. The maximum absolute atomic E-state index is 8.58. The van der Waals surface area contributed by atoms with Crippen molar-refractivity contribution in [3.63, 3.8) is 0 Å². The standard InChI is InChI=1S/C14H20N4O2/c1-12-8-13(9-15-4-6-20-7-5-19)2-3-14(12)18-11-16-10-17-18/h2-3,8,10-11,15,19H,4-7,9H2,1H3. The van der Waals surface area contributed by atoms with Gasteiger partial charge in [0.05, 0.1) is 25.5 Å². The molecular weight excluding hydrogens is 256 g/mol. The van der Waals surface area contributed by atoms with Gasteiger partial charge in [0.2, 0.25) is 0 Å². The Morgan fingerprint density at radius 3 is 2.95 bits per heavy atom. The molecule has 0 atom stereocenters. The van der Waals surface area contributed by atoms with E-state index >= 15 is 0 Å². The second kappa shape index (κ2) is 7.74. The lowest BCUT2D eigenvalue weighted by atomic mass is 10.1. The molecule has 0 unspecified atom stereocenters. The molecule has 2 N–H and O–H groups in total. The van der Waals surface area contributed by atoms with Gasteiger partial charge in [-0.2, -0.15) is 5.10 Å². The summed E-state index contributed by atoms with van der Waals surface area (Å²) in [4.78, 5) is 3.96. The number of hydrogen-bond donors (Lipinski definition) is 2. The SMILES string of the molecule is Cc1cc(CNCCOCCO)ccc1-n1cncn1. The first-order valence-corrected chi connectivity index (χ1v) is 6.65. The number of aliphatic hydroxyl groups excluding tert-OH is 1. The number of ether oxygens (including phenoxy) is 1. The number of aromatic nitrogens is 3. The average Bonchev–Trinajstić information content (AvgIpc) is 2.97. The van der Waals surface area contributed by atoms with Crippen LogP contribution in [-0.2, 0) is 11.3 Å². The fourth-order valence-corrected chi connectivity index (χ4v) is 1.96. The monoisotopic (exact) mass is 276 g/mol. The summed E-state index contributed by atoms with van der Waals surface area (Å²) in [6.07, 6.45) is 3.22. The summed E-state index contributed by atoms with van der Waals surface area (Å²) in [5.41, 5.74) is 3.41. The maximum atomic E-state index is 8.58. The Balaban J connectivity index is 1.83. The van der Waals surface area contributed by atoms with Crippen molar-refractivity contribution in [1.82, 2.24) is 20.1 Å². The topological polar surface area (TPSA) is 72.2 Å². The first-order chi connectivity index (χ1) is 9.81. The van der Waals surface area contributed by atoms with Gasteiger partial charge < -0.3 is 15.2 Å². The molecule has 0 aliphatic rings. The van der Waals surface area contributed by atoms with Crippen LogP contribution in [0.15, 0.2) is 30.9 Å². The molecule has 1 aromatic heterocycles. The molecule has 2 rings (SSSR count). The predicted molar refractivity (Wildman–Crippen MR) is 75.7 cm³/mol. The highest BCUT2D eigenvalue weighted by Crippen LogP contribution is 2.14. The quantitative estimate of drug-likeness (QED) is 0.694. The summed E-state index contributed by atoms with van der Waals surface area (Å²) in [7, 11) is 0. The van der Waals surface area contributed by atoms with Gasteiger partial charge in [-0.25, -0.2) is 9.67 Å². The van der Waals surface area contributed by atoms with Crippen LogP contribution >= 0.6 is 0 Å². The average molecular weight is 276 g/mol. The number of benzene rings is 1. The number of hydrogen-bond acceptors (Lipinski definition) is 5. The van der Waals surface area contributed by atoms with Gasteiger partial charge in [0, 0.05) is 13.1 Å². The Labute approximate surface area is 118 Å². The van der Waals surface area contributed by atoms with Crippen LogP contribution in [0, 0.1) is 6.92 Å². The summed E-state index contributed by atoms with van der Waals surface area (Å²) in [5.74, 6) is 0. The van der Waals surface area contributed by atoms with Crippen molar-refractivity contribution in [1.29, 1.82) is 0 Å². The summed E-state index contributed by atoms with van der Waals surface area (Å²) >= 11 is 0. The predicted octanol–water partition coefficient (Wildman–Crippen LogP) is 0.674. The second-order valence-corrected chi connectivity index (χ2v) is 4.47. The highest BCUT2D eigenvalue weighted by molar-refractivity contribution is 5.41. The molecule has 0 amide bonds. The van der Waals surface area contributed by atoms with Crippen LogP contribution in [0.3, 0.4) is 0 Å². The van der Waals surface area contributed by atoms with Crippen molar-refractivity contribution < 1.29 is 9.84 Å². The summed E-state index contributed by atoms with van der Waals surface area (Å²) < 4.78 is 6.94. The van der Waals surface area contributed by atoms with Crippen molar-refractivity contribution >= 4 is 0 Å². The molecule has 0 saturated heterocycles. The molecule has 0 radical (unpaired) electrons. The molecule has 0 aliphatic carbocycles. The maximum Gasteiger partial charge on any atom is 0.138 e. The Bertz CT molecular complexity index is 514. The van der Waals surface area contributed by atoms with Crippen LogP contribution in [0.5, 0.6) is 0 Å². The van der Waals surface area contributed by atoms with Gasteiger partial charge in [-0.1, -0.05) is 12.1 Å². The number of nitrogens with zero attached hydrogens (tertiary/aromatic N) is 3. The van der Waals surface area contributed by atoms with E-state index in [1.54, 1.807) is 11.0 Å². The van der Waals surface area contributed by atoms with Crippen molar-refractivity contribution in [2.45, 2.75) is 13.5 Å². The zero-order valence-electron chi connectivity index (χ0n) is 11.6. The fourth-order valence-electron chi connectivity index (χ4n) is 1.96. The second-order valence-electron chi connectivity index (χ2n) is 4.47. The molecule has 20 heavy (non-hydrogen) atoms. The summed E-state index contributed by atoms with van der Waals surface area (Å²) in [6, 6.07) is 6.26. The Hall–Kier alpha value is -1.76. The summed E-state index contributed by atoms with van der Waals surface area (Å²) in [5, 5.41) is 16.0. The molecule has 0 aliphatic heterocycles. The number of aliphatic hydroxyl groups is 1. The Morgan fingerprint density at radius 2 is 2.25 bits per heavy atom. The molecular formula is C14H20N4O2. The van der Waals surface area contributed by atoms with Gasteiger partial charge in [-0.05, 0) is 24.1 Å². The molecule has 6 nitrogen and oxygen atoms in total. The first-order valence-electron chi connectivity index (χ1n) is 6.65. The van der Waals surface area contributed by atoms with Crippen molar-refractivity contribution in [3.05, 3.63) is 42.0 Å². The zero-order chi connectivity index (χ0) is 14.2. The van der Waals surface area contributed by atoms with Gasteiger partial charge >= 0.3 is 0 Å².